The van der Waals surface area contributed by atoms with Crippen molar-refractivity contribution in [2.75, 3.05) is 25.5 Å². The van der Waals surface area contributed by atoms with Gasteiger partial charge in [-0.25, -0.2) is 4.68 Å². The summed E-state index contributed by atoms with van der Waals surface area (Å²) in [6.45, 7) is 1.56. The molecule has 0 spiro atoms. The number of halogens is 2. The molecule has 0 bridgehead atoms. The van der Waals surface area contributed by atoms with Gasteiger partial charge in [-0.15, -0.1) is 0 Å². The minimum Gasteiger partial charge on any atom is -0.345 e. The summed E-state index contributed by atoms with van der Waals surface area (Å²) < 4.78 is 1.52. The zero-order chi connectivity index (χ0) is 25.2. The number of benzene rings is 2. The summed E-state index contributed by atoms with van der Waals surface area (Å²) in [5.41, 5.74) is 2.29. The van der Waals surface area contributed by atoms with Gasteiger partial charge in [-0.05, 0) is 43.4 Å². The smallest absolute Gasteiger partial charge is 0.272 e. The molecule has 36 heavy (non-hydrogen) atoms. The third-order valence-corrected chi connectivity index (χ3v) is 6.45. The Morgan fingerprint density at radius 3 is 2.39 bits per heavy atom. The van der Waals surface area contributed by atoms with Crippen LogP contribution in [0.2, 0.25) is 10.0 Å². The van der Waals surface area contributed by atoms with Gasteiger partial charge >= 0.3 is 0 Å². The van der Waals surface area contributed by atoms with E-state index in [1.807, 2.05) is 43.4 Å². The molecule has 1 fully saturated rings. The van der Waals surface area contributed by atoms with Crippen LogP contribution in [0.5, 0.6) is 0 Å². The Hall–Kier alpha value is -3.72. The Bertz CT molecular complexity index is 1420. The zero-order valence-corrected chi connectivity index (χ0v) is 20.8. The number of pyridine rings is 1. The van der Waals surface area contributed by atoms with Crippen LogP contribution in [0, 0.1) is 0 Å². The quantitative estimate of drug-likeness (QED) is 0.389. The Kier molecular flexibility index (Phi) is 6.73. The van der Waals surface area contributed by atoms with Crippen molar-refractivity contribution < 1.29 is 9.59 Å². The summed E-state index contributed by atoms with van der Waals surface area (Å²) >= 11 is 12.8. The highest BCUT2D eigenvalue weighted by Gasteiger charge is 2.27. The van der Waals surface area contributed by atoms with E-state index in [4.69, 9.17) is 23.2 Å². The lowest BCUT2D eigenvalue weighted by atomic mass is 10.1. The lowest BCUT2D eigenvalue weighted by molar-refractivity contribution is 0.0852. The first-order valence-electron chi connectivity index (χ1n) is 11.3. The highest BCUT2D eigenvalue weighted by Crippen LogP contribution is 2.32. The zero-order valence-electron chi connectivity index (χ0n) is 19.3. The maximum Gasteiger partial charge on any atom is 0.272 e. The number of hydrogen-bond acceptors (Lipinski definition) is 5. The van der Waals surface area contributed by atoms with Crippen LogP contribution in [0.3, 0.4) is 0 Å². The van der Waals surface area contributed by atoms with Gasteiger partial charge in [0.05, 0.1) is 33.0 Å². The highest BCUT2D eigenvalue weighted by atomic mass is 35.5. The molecule has 2 amide bonds. The van der Waals surface area contributed by atoms with E-state index in [1.54, 1.807) is 30.5 Å². The number of nitrogens with one attached hydrogen (secondary N) is 2. The van der Waals surface area contributed by atoms with Crippen LogP contribution in [0.4, 0.5) is 5.82 Å². The van der Waals surface area contributed by atoms with E-state index >= 15 is 0 Å². The second-order valence-electron chi connectivity index (χ2n) is 8.53. The number of hydrogen-bond donors (Lipinski definition) is 2. The molecule has 2 aromatic carbocycles. The molecule has 0 unspecified atom stereocenters. The Labute approximate surface area is 217 Å². The number of carbonyl (C=O) groups is 2. The molecule has 2 aromatic heterocycles. The maximum absolute atomic E-state index is 13.4. The number of para-hydroxylation sites is 1. The predicted octanol–water partition coefficient (Wildman–Crippen LogP) is 4.54. The first-order valence-corrected chi connectivity index (χ1v) is 12.0. The fourth-order valence-corrected chi connectivity index (χ4v) is 4.59. The van der Waals surface area contributed by atoms with Gasteiger partial charge in [-0.2, -0.15) is 5.10 Å². The molecule has 0 atom stereocenters. The molecule has 0 aliphatic carbocycles. The van der Waals surface area contributed by atoms with E-state index < -0.39 is 5.91 Å². The standard InChI is InChI=1S/C26H22Cl2N6O2/c1-33-14-16(15-33)30-26(36)23-13-24(34(32-23)17-7-3-2-4-8-17)31-25(35)19-11-18(20(27)12-21(19)28)22-9-5-6-10-29-22/h2-13,16H,14-15H2,1H3,(H,30,36)(H,31,35). The number of rotatable bonds is 6. The molecule has 0 saturated carbocycles. The van der Waals surface area contributed by atoms with Gasteiger partial charge in [0, 0.05) is 30.9 Å². The number of likely N-dealkylation sites (tertiary alicyclic amines) is 1. The van der Waals surface area contributed by atoms with Crippen molar-refractivity contribution in [2.24, 2.45) is 0 Å². The average molecular weight is 521 g/mol. The third-order valence-electron chi connectivity index (χ3n) is 5.83. The lowest BCUT2D eigenvalue weighted by Gasteiger charge is -2.36. The summed E-state index contributed by atoms with van der Waals surface area (Å²) in [6.07, 6.45) is 1.65. The Morgan fingerprint density at radius 1 is 0.944 bits per heavy atom. The lowest BCUT2D eigenvalue weighted by Crippen LogP contribution is -2.57. The normalized spacial score (nSPS) is 13.8. The van der Waals surface area contributed by atoms with Crippen LogP contribution in [0.1, 0.15) is 20.8 Å². The molecule has 0 radical (unpaired) electrons. The van der Waals surface area contributed by atoms with E-state index in [-0.39, 0.29) is 28.2 Å². The van der Waals surface area contributed by atoms with Gasteiger partial charge in [0.1, 0.15) is 5.82 Å². The van der Waals surface area contributed by atoms with Gasteiger partial charge in [-0.3, -0.25) is 14.6 Å². The summed E-state index contributed by atoms with van der Waals surface area (Å²) in [4.78, 5) is 32.6. The van der Waals surface area contributed by atoms with Crippen molar-refractivity contribution in [1.29, 1.82) is 0 Å². The van der Waals surface area contributed by atoms with Gasteiger partial charge in [0.2, 0.25) is 0 Å². The van der Waals surface area contributed by atoms with Gasteiger partial charge in [0.15, 0.2) is 5.69 Å². The molecule has 2 N–H and O–H groups in total. The van der Waals surface area contributed by atoms with Crippen LogP contribution >= 0.6 is 23.2 Å². The Morgan fingerprint density at radius 2 is 1.69 bits per heavy atom. The van der Waals surface area contributed by atoms with Crippen molar-refractivity contribution in [3.8, 4) is 16.9 Å². The van der Waals surface area contributed by atoms with Crippen molar-refractivity contribution in [1.82, 2.24) is 25.0 Å². The number of likely N-dealkylation sites (N-methyl/N-ethyl adjacent to an activating group) is 1. The van der Waals surface area contributed by atoms with Crippen LogP contribution in [-0.2, 0) is 0 Å². The molecule has 5 rings (SSSR count). The second-order valence-corrected chi connectivity index (χ2v) is 9.35. The Balaban J connectivity index is 1.46. The number of amides is 2. The molecular weight excluding hydrogens is 499 g/mol. The van der Waals surface area contributed by atoms with Gasteiger partial charge in [0.25, 0.3) is 11.8 Å². The first kappa shape index (κ1) is 24.0. The van der Waals surface area contributed by atoms with Gasteiger partial charge < -0.3 is 15.5 Å². The highest BCUT2D eigenvalue weighted by molar-refractivity contribution is 6.38. The molecule has 1 aliphatic rings. The molecule has 8 nitrogen and oxygen atoms in total. The van der Waals surface area contributed by atoms with Crippen molar-refractivity contribution in [3.05, 3.63) is 94.2 Å². The topological polar surface area (TPSA) is 92.2 Å². The number of anilines is 1. The van der Waals surface area contributed by atoms with E-state index in [2.05, 4.69) is 25.6 Å². The number of aromatic nitrogens is 3. The number of carbonyl (C=O) groups excluding carboxylic acids is 2. The van der Waals surface area contributed by atoms with E-state index in [1.165, 1.54) is 10.7 Å². The molecule has 1 saturated heterocycles. The van der Waals surface area contributed by atoms with E-state index in [9.17, 15) is 9.59 Å². The summed E-state index contributed by atoms with van der Waals surface area (Å²) in [5, 5.41) is 10.9. The molecule has 10 heteroatoms. The van der Waals surface area contributed by atoms with E-state index in [0.29, 0.717) is 27.8 Å². The van der Waals surface area contributed by atoms with Crippen LogP contribution in [0.15, 0.2) is 72.9 Å². The minimum atomic E-state index is -0.474. The molecule has 182 valence electrons. The fourth-order valence-electron chi connectivity index (χ4n) is 4.02. The molecule has 3 heterocycles. The molecule has 4 aromatic rings. The summed E-state index contributed by atoms with van der Waals surface area (Å²) in [7, 11) is 1.99. The summed E-state index contributed by atoms with van der Waals surface area (Å²) in [6, 6.07) is 19.4. The molecule has 1 aliphatic heterocycles. The summed E-state index contributed by atoms with van der Waals surface area (Å²) in [5.74, 6) is -0.453. The maximum atomic E-state index is 13.4. The van der Waals surface area contributed by atoms with Crippen LogP contribution < -0.4 is 10.6 Å². The van der Waals surface area contributed by atoms with Gasteiger partial charge in [-0.1, -0.05) is 47.5 Å². The van der Waals surface area contributed by atoms with Crippen LogP contribution in [-0.4, -0.2) is 57.7 Å². The second kappa shape index (κ2) is 10.1. The van der Waals surface area contributed by atoms with Crippen molar-refractivity contribution in [3.63, 3.8) is 0 Å². The minimum absolute atomic E-state index is 0.0697. The van der Waals surface area contributed by atoms with Crippen molar-refractivity contribution >= 4 is 40.8 Å². The monoisotopic (exact) mass is 520 g/mol. The fraction of sp³-hybridized carbons (Fsp3) is 0.154. The van der Waals surface area contributed by atoms with Crippen LogP contribution in [0.25, 0.3) is 16.9 Å². The van der Waals surface area contributed by atoms with E-state index in [0.717, 1.165) is 13.1 Å². The largest absolute Gasteiger partial charge is 0.345 e. The SMILES string of the molecule is CN1CC(NC(=O)c2cc(NC(=O)c3cc(-c4ccccn4)c(Cl)cc3Cl)n(-c3ccccc3)n2)C1. The first-order chi connectivity index (χ1) is 17.4. The van der Waals surface area contributed by atoms with Crippen molar-refractivity contribution in [2.45, 2.75) is 6.04 Å². The number of nitrogens with zero attached hydrogens (tertiary/aromatic N) is 4. The molecular formula is C26H22Cl2N6O2. The predicted molar refractivity (Wildman–Crippen MR) is 140 cm³/mol. The average Bonchev–Trinajstić information content (AvgIpc) is 3.28. The third kappa shape index (κ3) is 4.97.